The Morgan fingerprint density at radius 3 is 2.55 bits per heavy atom. The van der Waals surface area contributed by atoms with Gasteiger partial charge < -0.3 is 5.32 Å². The van der Waals surface area contributed by atoms with Crippen molar-refractivity contribution in [1.29, 1.82) is 0 Å². The number of benzene rings is 1. The molecular weight excluding hydrogens is 384 g/mol. The summed E-state index contributed by atoms with van der Waals surface area (Å²) in [5, 5.41) is 3.60. The highest BCUT2D eigenvalue weighted by Gasteiger charge is 2.19. The smallest absolute Gasteiger partial charge is 0.124 e. The van der Waals surface area contributed by atoms with Crippen LogP contribution in [-0.2, 0) is 0 Å². The molecule has 0 aliphatic heterocycles. The van der Waals surface area contributed by atoms with Gasteiger partial charge in [-0.2, -0.15) is 0 Å². The van der Waals surface area contributed by atoms with Crippen molar-refractivity contribution >= 4 is 33.9 Å². The first kappa shape index (κ1) is 15.9. The molecule has 0 fully saturated rings. The maximum atomic E-state index is 13.3. The number of hydrogen-bond donors (Lipinski definition) is 1. The summed E-state index contributed by atoms with van der Waals surface area (Å²) in [7, 11) is 0. The maximum absolute atomic E-state index is 13.3. The molecule has 0 amide bonds. The summed E-state index contributed by atoms with van der Waals surface area (Å²) in [4.78, 5) is 2.65. The van der Waals surface area contributed by atoms with Gasteiger partial charge in [0, 0.05) is 13.3 Å². The van der Waals surface area contributed by atoms with E-state index in [1.807, 2.05) is 17.4 Å². The normalized spacial score (nSPS) is 12.7. The molecule has 0 saturated carbocycles. The molecule has 20 heavy (non-hydrogen) atoms. The summed E-state index contributed by atoms with van der Waals surface area (Å²) < 4.78 is 14.3. The topological polar surface area (TPSA) is 12.0 Å². The van der Waals surface area contributed by atoms with E-state index in [1.54, 1.807) is 12.1 Å². The lowest BCUT2D eigenvalue weighted by molar-refractivity contribution is 0.590. The first-order chi connectivity index (χ1) is 9.52. The van der Waals surface area contributed by atoms with Gasteiger partial charge in [0.2, 0.25) is 0 Å². The average molecular weight is 403 g/mol. The van der Waals surface area contributed by atoms with E-state index in [2.05, 4.69) is 54.7 Å². The van der Waals surface area contributed by atoms with Crippen LogP contribution in [0.5, 0.6) is 0 Å². The van der Waals surface area contributed by atoms with Crippen LogP contribution in [0.1, 0.15) is 40.3 Å². The van der Waals surface area contributed by atoms with E-state index in [0.717, 1.165) is 22.1 Å². The number of aryl methyl sites for hydroxylation is 2. The van der Waals surface area contributed by atoms with Gasteiger partial charge in [0.25, 0.3) is 0 Å². The van der Waals surface area contributed by atoms with Gasteiger partial charge in [-0.15, -0.1) is 11.3 Å². The zero-order valence-electron chi connectivity index (χ0n) is 12.0. The molecule has 2 aromatic rings. The Morgan fingerprint density at radius 1 is 1.25 bits per heavy atom. The Bertz CT molecular complexity index is 594. The third-order valence-electron chi connectivity index (χ3n) is 3.26. The third kappa shape index (κ3) is 3.59. The Morgan fingerprint density at radius 2 is 2.00 bits per heavy atom. The van der Waals surface area contributed by atoms with E-state index in [1.165, 1.54) is 15.3 Å². The van der Waals surface area contributed by atoms with E-state index < -0.39 is 0 Å². The van der Waals surface area contributed by atoms with E-state index in [9.17, 15) is 4.39 Å². The molecule has 1 aromatic heterocycles. The van der Waals surface area contributed by atoms with Crippen LogP contribution in [0.15, 0.2) is 24.3 Å². The van der Waals surface area contributed by atoms with Crippen molar-refractivity contribution in [3.05, 3.63) is 54.5 Å². The molecular formula is C16H19FINS. The second-order valence-electron chi connectivity index (χ2n) is 4.92. The van der Waals surface area contributed by atoms with Crippen LogP contribution in [-0.4, -0.2) is 6.54 Å². The summed E-state index contributed by atoms with van der Waals surface area (Å²) in [5.41, 5.74) is 2.46. The largest absolute Gasteiger partial charge is 0.306 e. The van der Waals surface area contributed by atoms with E-state index in [-0.39, 0.29) is 11.9 Å². The predicted molar refractivity (Wildman–Crippen MR) is 93.0 cm³/mol. The van der Waals surface area contributed by atoms with Crippen LogP contribution < -0.4 is 5.32 Å². The maximum Gasteiger partial charge on any atom is 0.124 e. The van der Waals surface area contributed by atoms with Gasteiger partial charge in [-0.3, -0.25) is 0 Å². The molecule has 1 aromatic carbocycles. The fourth-order valence-corrected chi connectivity index (χ4v) is 4.10. The quantitative estimate of drug-likeness (QED) is 0.677. The summed E-state index contributed by atoms with van der Waals surface area (Å²) in [6, 6.07) is 7.44. The summed E-state index contributed by atoms with van der Waals surface area (Å²) in [6.07, 6.45) is 1.08. The van der Waals surface area contributed by atoms with Crippen LogP contribution in [0, 0.1) is 23.2 Å². The molecule has 1 unspecified atom stereocenters. The first-order valence-corrected chi connectivity index (χ1v) is 8.67. The fourth-order valence-electron chi connectivity index (χ4n) is 2.35. The summed E-state index contributed by atoms with van der Waals surface area (Å²) >= 11 is 4.04. The third-order valence-corrected chi connectivity index (χ3v) is 5.18. The van der Waals surface area contributed by atoms with Crippen molar-refractivity contribution in [1.82, 2.24) is 5.32 Å². The molecule has 4 heteroatoms. The van der Waals surface area contributed by atoms with Crippen LogP contribution in [0.25, 0.3) is 0 Å². The van der Waals surface area contributed by atoms with Crippen molar-refractivity contribution in [2.24, 2.45) is 0 Å². The second kappa shape index (κ2) is 7.00. The SMILES string of the molecule is CCCNC(c1ccc(F)cc1I)c1cc(C)sc1C. The number of hydrogen-bond acceptors (Lipinski definition) is 2. The summed E-state index contributed by atoms with van der Waals surface area (Å²) in [6.45, 7) is 7.40. The zero-order chi connectivity index (χ0) is 14.7. The Balaban J connectivity index is 2.44. The minimum Gasteiger partial charge on any atom is -0.306 e. The Labute approximate surface area is 137 Å². The van der Waals surface area contributed by atoms with E-state index >= 15 is 0 Å². The van der Waals surface area contributed by atoms with E-state index in [4.69, 9.17) is 0 Å². The lowest BCUT2D eigenvalue weighted by atomic mass is 9.99. The minimum atomic E-state index is -0.175. The van der Waals surface area contributed by atoms with Gasteiger partial charge in [0.15, 0.2) is 0 Å². The zero-order valence-corrected chi connectivity index (χ0v) is 14.9. The molecule has 0 aliphatic rings. The van der Waals surface area contributed by atoms with Gasteiger partial charge in [-0.05, 0) is 78.7 Å². The Kier molecular flexibility index (Phi) is 5.57. The number of thiophene rings is 1. The minimum absolute atomic E-state index is 0.146. The lowest BCUT2D eigenvalue weighted by Crippen LogP contribution is -2.24. The van der Waals surface area contributed by atoms with Crippen LogP contribution in [0.4, 0.5) is 4.39 Å². The van der Waals surface area contributed by atoms with Gasteiger partial charge in [-0.25, -0.2) is 4.39 Å². The lowest BCUT2D eigenvalue weighted by Gasteiger charge is -2.21. The van der Waals surface area contributed by atoms with Crippen molar-refractivity contribution in [2.45, 2.75) is 33.2 Å². The standard InChI is InChI=1S/C16H19FINS/c1-4-7-19-16(14-8-10(2)20-11(14)3)13-6-5-12(17)9-15(13)18/h5-6,8-9,16,19H,4,7H2,1-3H3. The molecule has 1 atom stereocenters. The highest BCUT2D eigenvalue weighted by molar-refractivity contribution is 14.1. The molecule has 108 valence electrons. The molecule has 0 aliphatic carbocycles. The molecule has 0 radical (unpaired) electrons. The van der Waals surface area contributed by atoms with E-state index in [0.29, 0.717) is 0 Å². The number of halogens is 2. The second-order valence-corrected chi connectivity index (χ2v) is 7.54. The highest BCUT2D eigenvalue weighted by atomic mass is 127. The van der Waals surface area contributed by atoms with Crippen molar-refractivity contribution < 1.29 is 4.39 Å². The monoisotopic (exact) mass is 403 g/mol. The molecule has 0 bridgehead atoms. The van der Waals surface area contributed by atoms with Gasteiger partial charge in [0.1, 0.15) is 5.82 Å². The first-order valence-electron chi connectivity index (χ1n) is 6.78. The summed E-state index contributed by atoms with van der Waals surface area (Å²) in [5.74, 6) is -0.175. The van der Waals surface area contributed by atoms with Crippen molar-refractivity contribution in [2.75, 3.05) is 6.54 Å². The molecule has 2 rings (SSSR count). The molecule has 1 heterocycles. The number of rotatable bonds is 5. The van der Waals surface area contributed by atoms with Gasteiger partial charge in [-0.1, -0.05) is 13.0 Å². The Hall–Kier alpha value is -0.460. The van der Waals surface area contributed by atoms with Crippen molar-refractivity contribution in [3.8, 4) is 0 Å². The highest BCUT2D eigenvalue weighted by Crippen LogP contribution is 2.33. The van der Waals surface area contributed by atoms with Crippen molar-refractivity contribution in [3.63, 3.8) is 0 Å². The van der Waals surface area contributed by atoms with Gasteiger partial charge >= 0.3 is 0 Å². The molecule has 0 spiro atoms. The van der Waals surface area contributed by atoms with Crippen LogP contribution >= 0.6 is 33.9 Å². The van der Waals surface area contributed by atoms with Gasteiger partial charge in [0.05, 0.1) is 6.04 Å². The van der Waals surface area contributed by atoms with Crippen LogP contribution in [0.3, 0.4) is 0 Å². The predicted octanol–water partition coefficient (Wildman–Crippen LogP) is 5.20. The molecule has 1 nitrogen and oxygen atoms in total. The molecule has 1 N–H and O–H groups in total. The number of nitrogens with one attached hydrogen (secondary N) is 1. The average Bonchev–Trinajstić information content (AvgIpc) is 2.71. The fraction of sp³-hybridized carbons (Fsp3) is 0.375. The molecule has 0 saturated heterocycles. The van der Waals surface area contributed by atoms with Crippen LogP contribution in [0.2, 0.25) is 0 Å².